The minimum atomic E-state index is -0.666. The van der Waals surface area contributed by atoms with Gasteiger partial charge in [-0.15, -0.1) is 0 Å². The number of allylic oxidation sites excluding steroid dienone is 1. The fourth-order valence-corrected chi connectivity index (χ4v) is 6.16. The number of halogens is 1. The molecule has 0 radical (unpaired) electrons. The molecule has 0 unspecified atom stereocenters. The molecular weight excluding hydrogens is 527 g/mol. The monoisotopic (exact) mass is 558 g/mol. The van der Waals surface area contributed by atoms with E-state index in [1.54, 1.807) is 30.5 Å². The van der Waals surface area contributed by atoms with E-state index in [2.05, 4.69) is 4.99 Å². The summed E-state index contributed by atoms with van der Waals surface area (Å²) in [6.07, 6.45) is 1.86. The predicted octanol–water partition coefficient (Wildman–Crippen LogP) is 4.41. The zero-order valence-electron chi connectivity index (χ0n) is 23.4. The molecule has 2 aromatic heterocycles. The normalized spacial score (nSPS) is 15.2. The first-order chi connectivity index (χ1) is 19.1. The Labute approximate surface area is 235 Å². The predicted molar refractivity (Wildman–Crippen MR) is 156 cm³/mol. The lowest BCUT2D eigenvalue weighted by Gasteiger charge is -2.25. The zero-order valence-corrected chi connectivity index (χ0v) is 24.2. The van der Waals surface area contributed by atoms with E-state index >= 15 is 0 Å². The van der Waals surface area contributed by atoms with Crippen LogP contribution in [0.3, 0.4) is 0 Å². The van der Waals surface area contributed by atoms with Crippen molar-refractivity contribution < 1.29 is 13.9 Å². The van der Waals surface area contributed by atoms with Gasteiger partial charge in [-0.3, -0.25) is 9.36 Å². The number of esters is 1. The fourth-order valence-electron chi connectivity index (χ4n) is 5.12. The van der Waals surface area contributed by atoms with Crippen LogP contribution in [0, 0.1) is 19.7 Å². The number of rotatable bonds is 6. The highest BCUT2D eigenvalue weighted by molar-refractivity contribution is 7.07. The molecule has 40 heavy (non-hydrogen) atoms. The third kappa shape index (κ3) is 4.81. The molecule has 7 nitrogen and oxygen atoms in total. The highest BCUT2D eigenvalue weighted by Crippen LogP contribution is 2.31. The molecule has 9 heteroatoms. The molecule has 0 saturated heterocycles. The highest BCUT2D eigenvalue weighted by atomic mass is 32.1. The smallest absolute Gasteiger partial charge is 0.338 e. The fraction of sp³-hybridized carbons (Fsp3) is 0.258. The van der Waals surface area contributed by atoms with Crippen LogP contribution in [0.25, 0.3) is 11.8 Å². The van der Waals surface area contributed by atoms with Gasteiger partial charge in [-0.2, -0.15) is 0 Å². The quantitative estimate of drug-likeness (QED) is 0.329. The van der Waals surface area contributed by atoms with Crippen LogP contribution in [0.2, 0.25) is 0 Å². The molecule has 0 fully saturated rings. The van der Waals surface area contributed by atoms with Crippen molar-refractivity contribution in [1.29, 1.82) is 0 Å². The number of anilines is 1. The van der Waals surface area contributed by atoms with E-state index in [1.165, 1.54) is 23.5 Å². The number of aromatic nitrogens is 2. The van der Waals surface area contributed by atoms with Gasteiger partial charge in [0.15, 0.2) is 4.80 Å². The number of hydrogen-bond acceptors (Lipinski definition) is 6. The molecule has 1 aliphatic heterocycles. The van der Waals surface area contributed by atoms with E-state index in [1.807, 2.05) is 73.8 Å². The van der Waals surface area contributed by atoms with Crippen molar-refractivity contribution in [3.05, 3.63) is 114 Å². The largest absolute Gasteiger partial charge is 0.463 e. The lowest BCUT2D eigenvalue weighted by Crippen LogP contribution is -2.40. The lowest BCUT2D eigenvalue weighted by molar-refractivity contribution is -0.139. The van der Waals surface area contributed by atoms with E-state index < -0.39 is 12.0 Å². The molecule has 0 saturated carbocycles. The Morgan fingerprint density at radius 1 is 1.10 bits per heavy atom. The van der Waals surface area contributed by atoms with Crippen LogP contribution in [0.1, 0.15) is 42.4 Å². The molecule has 1 atom stereocenters. The summed E-state index contributed by atoms with van der Waals surface area (Å²) in [6.45, 7) is 7.70. The van der Waals surface area contributed by atoms with Gasteiger partial charge in [0.05, 0.1) is 28.5 Å². The summed E-state index contributed by atoms with van der Waals surface area (Å²) < 4.78 is 23.0. The molecule has 0 bridgehead atoms. The first-order valence-electron chi connectivity index (χ1n) is 13.0. The summed E-state index contributed by atoms with van der Waals surface area (Å²) in [6, 6.07) is 15.5. The average molecular weight is 559 g/mol. The van der Waals surface area contributed by atoms with E-state index in [9.17, 15) is 14.0 Å². The number of hydrogen-bond donors (Lipinski definition) is 0. The van der Waals surface area contributed by atoms with Crippen LogP contribution in [0.15, 0.2) is 75.7 Å². The molecule has 1 aliphatic rings. The Morgan fingerprint density at radius 3 is 2.40 bits per heavy atom. The van der Waals surface area contributed by atoms with Gasteiger partial charge in [0.1, 0.15) is 5.82 Å². The van der Waals surface area contributed by atoms with Gasteiger partial charge in [0.2, 0.25) is 0 Å². The Morgan fingerprint density at radius 2 is 1.77 bits per heavy atom. The Balaban J connectivity index is 1.67. The number of aryl methyl sites for hydroxylation is 1. The summed E-state index contributed by atoms with van der Waals surface area (Å²) in [5.74, 6) is -0.779. The number of ether oxygens (including phenoxy) is 1. The third-order valence-corrected chi connectivity index (χ3v) is 8.07. The first-order valence-corrected chi connectivity index (χ1v) is 13.8. The number of thiazole rings is 1. The molecule has 0 N–H and O–H groups in total. The molecule has 3 heterocycles. The van der Waals surface area contributed by atoms with Crippen molar-refractivity contribution in [3.8, 4) is 5.69 Å². The number of benzene rings is 2. The second-order valence-corrected chi connectivity index (χ2v) is 10.9. The lowest BCUT2D eigenvalue weighted by atomic mass is 9.95. The molecule has 5 rings (SSSR count). The maximum Gasteiger partial charge on any atom is 0.338 e. The second kappa shape index (κ2) is 10.7. The van der Waals surface area contributed by atoms with E-state index in [4.69, 9.17) is 4.74 Å². The first kappa shape index (κ1) is 27.3. The van der Waals surface area contributed by atoms with Crippen molar-refractivity contribution in [2.75, 3.05) is 25.6 Å². The van der Waals surface area contributed by atoms with Crippen molar-refractivity contribution in [2.45, 2.75) is 33.7 Å². The van der Waals surface area contributed by atoms with Crippen molar-refractivity contribution in [1.82, 2.24) is 9.13 Å². The van der Waals surface area contributed by atoms with Gasteiger partial charge in [-0.1, -0.05) is 23.5 Å². The Bertz CT molecular complexity index is 1810. The summed E-state index contributed by atoms with van der Waals surface area (Å²) in [5.41, 5.74) is 6.06. The van der Waals surface area contributed by atoms with E-state index in [-0.39, 0.29) is 18.0 Å². The van der Waals surface area contributed by atoms with Crippen molar-refractivity contribution >= 4 is 29.1 Å². The van der Waals surface area contributed by atoms with E-state index in [0.717, 1.165) is 33.9 Å². The highest BCUT2D eigenvalue weighted by Gasteiger charge is 2.33. The van der Waals surface area contributed by atoms with Gasteiger partial charge >= 0.3 is 5.97 Å². The summed E-state index contributed by atoms with van der Waals surface area (Å²) >= 11 is 1.29. The Hall–Kier alpha value is -4.24. The van der Waals surface area contributed by atoms with Crippen LogP contribution in [0.5, 0.6) is 0 Å². The second-order valence-electron chi connectivity index (χ2n) is 9.93. The molecule has 206 valence electrons. The summed E-state index contributed by atoms with van der Waals surface area (Å²) in [7, 11) is 3.92. The third-order valence-electron chi connectivity index (χ3n) is 7.08. The standard InChI is InChI=1S/C31H31FN4O3S/c1-7-39-30(38)27-19(3)33-31-36(28(27)21-8-12-24(13-9-21)34(5)6)29(37)26(40-31)17-22-16-18(2)35(20(22)4)25-14-10-23(32)11-15-25/h8-17,28H,7H2,1-6H3/b26-17+/t28-/m0/s1. The van der Waals surface area contributed by atoms with Crippen molar-refractivity contribution in [2.24, 2.45) is 4.99 Å². The number of carbonyl (C=O) groups excluding carboxylic acids is 1. The van der Waals surface area contributed by atoms with Crippen LogP contribution < -0.4 is 19.8 Å². The molecule has 0 amide bonds. The number of carbonyl (C=O) groups is 1. The zero-order chi connectivity index (χ0) is 28.7. The van der Waals surface area contributed by atoms with E-state index in [0.29, 0.717) is 20.6 Å². The molecule has 0 spiro atoms. The molecule has 4 aromatic rings. The van der Waals surface area contributed by atoms with Crippen LogP contribution in [0.4, 0.5) is 10.1 Å². The topological polar surface area (TPSA) is 68.8 Å². The van der Waals surface area contributed by atoms with Crippen LogP contribution >= 0.6 is 11.3 Å². The van der Waals surface area contributed by atoms with Gasteiger partial charge in [0, 0.05) is 36.9 Å². The number of nitrogens with zero attached hydrogens (tertiary/aromatic N) is 4. The minimum absolute atomic E-state index is 0.218. The minimum Gasteiger partial charge on any atom is -0.463 e. The van der Waals surface area contributed by atoms with Gasteiger partial charge < -0.3 is 14.2 Å². The molecule has 0 aliphatic carbocycles. The molecular formula is C31H31FN4O3S. The number of fused-ring (bicyclic) bond motifs is 1. The SMILES string of the molecule is CCOC(=O)C1=C(C)N=c2s/c(=C/c3cc(C)n(-c4ccc(F)cc4)c3C)c(=O)n2[C@H]1c1ccc(N(C)C)cc1. The average Bonchev–Trinajstić information content (AvgIpc) is 3.38. The van der Waals surface area contributed by atoms with Crippen LogP contribution in [-0.2, 0) is 9.53 Å². The molecule has 2 aromatic carbocycles. The Kier molecular flexibility index (Phi) is 7.33. The summed E-state index contributed by atoms with van der Waals surface area (Å²) in [5, 5.41) is 0. The maximum atomic E-state index is 14.0. The van der Waals surface area contributed by atoms with Crippen LogP contribution in [-0.4, -0.2) is 35.8 Å². The van der Waals surface area contributed by atoms with Crippen molar-refractivity contribution in [3.63, 3.8) is 0 Å². The summed E-state index contributed by atoms with van der Waals surface area (Å²) in [4.78, 5) is 34.3. The maximum absolute atomic E-state index is 14.0. The van der Waals surface area contributed by atoms with Gasteiger partial charge in [-0.25, -0.2) is 14.2 Å². The van der Waals surface area contributed by atoms with Gasteiger partial charge in [-0.05, 0) is 87.4 Å². The van der Waals surface area contributed by atoms with Gasteiger partial charge in [0.25, 0.3) is 5.56 Å².